The third-order valence-corrected chi connectivity index (χ3v) is 5.39. The summed E-state index contributed by atoms with van der Waals surface area (Å²) < 4.78 is 12.0. The maximum atomic E-state index is 12.4. The molecular formula is C26H22BrN3O5. The molecule has 1 N–H and O–H groups in total. The first kappa shape index (κ1) is 25.5. The van der Waals surface area contributed by atoms with Crippen LogP contribution in [0, 0.1) is 28.4 Å². The lowest BCUT2D eigenvalue weighted by Gasteiger charge is -2.15. The van der Waals surface area contributed by atoms with Gasteiger partial charge < -0.3 is 14.8 Å². The fourth-order valence-corrected chi connectivity index (χ4v) is 3.82. The molecule has 3 aromatic carbocycles. The zero-order valence-electron chi connectivity index (χ0n) is 19.1. The largest absolute Gasteiger partial charge is 0.490 e. The Morgan fingerprint density at radius 3 is 2.54 bits per heavy atom. The van der Waals surface area contributed by atoms with Crippen molar-refractivity contribution >= 4 is 44.9 Å². The van der Waals surface area contributed by atoms with E-state index in [1.807, 2.05) is 32.0 Å². The molecule has 9 heteroatoms. The second-order valence-corrected chi connectivity index (χ2v) is 8.30. The van der Waals surface area contributed by atoms with E-state index in [2.05, 4.69) is 27.3 Å². The number of carbonyl (C=O) groups excluding carboxylic acids is 1. The van der Waals surface area contributed by atoms with Crippen LogP contribution in [0.25, 0.3) is 11.6 Å². The number of nitro benzene ring substituents is 1. The van der Waals surface area contributed by atoms with E-state index in [0.717, 1.165) is 5.56 Å². The van der Waals surface area contributed by atoms with Crippen LogP contribution < -0.4 is 14.8 Å². The summed E-state index contributed by atoms with van der Waals surface area (Å²) in [5, 5.41) is 23.3. The summed E-state index contributed by atoms with van der Waals surface area (Å²) in [4.78, 5) is 22.8. The average molecular weight is 536 g/mol. The van der Waals surface area contributed by atoms with Crippen LogP contribution in [-0.4, -0.2) is 24.0 Å². The first-order valence-electron chi connectivity index (χ1n) is 10.6. The van der Waals surface area contributed by atoms with E-state index in [-0.39, 0.29) is 18.2 Å². The Morgan fingerprint density at radius 2 is 1.91 bits per heavy atom. The molecule has 1 amide bonds. The van der Waals surface area contributed by atoms with Gasteiger partial charge in [0.05, 0.1) is 27.6 Å². The standard InChI is InChI=1S/C26H22BrN3O5/c1-3-34-24-14-18(12-20(15-28)19-7-9-22(10-8-19)30(32)33)13-23(27)26(24)35-16-25(31)29-21-6-4-5-17(2)11-21/h4-14H,3,16H2,1-2H3,(H,29,31)/b20-12+. The number of rotatable bonds is 9. The summed E-state index contributed by atoms with van der Waals surface area (Å²) in [7, 11) is 0. The van der Waals surface area contributed by atoms with Crippen molar-refractivity contribution in [2.75, 3.05) is 18.5 Å². The van der Waals surface area contributed by atoms with Crippen LogP contribution >= 0.6 is 15.9 Å². The van der Waals surface area contributed by atoms with Crippen LogP contribution in [0.3, 0.4) is 0 Å². The van der Waals surface area contributed by atoms with Crippen LogP contribution in [-0.2, 0) is 4.79 Å². The molecule has 0 saturated heterocycles. The number of nitriles is 1. The van der Waals surface area contributed by atoms with Crippen molar-refractivity contribution in [3.8, 4) is 17.6 Å². The van der Waals surface area contributed by atoms with Gasteiger partial charge in [-0.1, -0.05) is 12.1 Å². The number of benzene rings is 3. The highest BCUT2D eigenvalue weighted by atomic mass is 79.9. The summed E-state index contributed by atoms with van der Waals surface area (Å²) in [6, 6.07) is 18.7. The van der Waals surface area contributed by atoms with Crippen molar-refractivity contribution in [2.24, 2.45) is 0 Å². The number of nitrogens with zero attached hydrogens (tertiary/aromatic N) is 2. The Bertz CT molecular complexity index is 1310. The maximum Gasteiger partial charge on any atom is 0.269 e. The van der Waals surface area contributed by atoms with Crippen molar-refractivity contribution in [3.63, 3.8) is 0 Å². The van der Waals surface area contributed by atoms with Crippen LogP contribution in [0.1, 0.15) is 23.6 Å². The van der Waals surface area contributed by atoms with E-state index in [1.165, 1.54) is 24.3 Å². The van der Waals surface area contributed by atoms with E-state index in [9.17, 15) is 20.2 Å². The Kier molecular flexibility index (Phi) is 8.59. The highest BCUT2D eigenvalue weighted by Crippen LogP contribution is 2.38. The second kappa shape index (κ2) is 11.8. The summed E-state index contributed by atoms with van der Waals surface area (Å²) in [5.41, 5.74) is 3.16. The number of nitrogens with one attached hydrogen (secondary N) is 1. The summed E-state index contributed by atoms with van der Waals surface area (Å²) in [5.74, 6) is 0.438. The minimum atomic E-state index is -0.495. The third-order valence-electron chi connectivity index (χ3n) is 4.80. The predicted molar refractivity (Wildman–Crippen MR) is 137 cm³/mol. The molecule has 178 valence electrons. The molecule has 0 spiro atoms. The highest BCUT2D eigenvalue weighted by molar-refractivity contribution is 9.10. The Labute approximate surface area is 211 Å². The Balaban J connectivity index is 1.81. The normalized spacial score (nSPS) is 10.9. The molecule has 0 atom stereocenters. The average Bonchev–Trinajstić information content (AvgIpc) is 2.82. The van der Waals surface area contributed by atoms with Crippen LogP contribution in [0.2, 0.25) is 0 Å². The molecule has 0 bridgehead atoms. The van der Waals surface area contributed by atoms with E-state index in [1.54, 1.807) is 24.3 Å². The lowest BCUT2D eigenvalue weighted by atomic mass is 10.0. The first-order chi connectivity index (χ1) is 16.8. The number of carbonyl (C=O) groups is 1. The van der Waals surface area contributed by atoms with Gasteiger partial charge in [0.1, 0.15) is 0 Å². The van der Waals surface area contributed by atoms with Crippen LogP contribution in [0.5, 0.6) is 11.5 Å². The molecule has 0 radical (unpaired) electrons. The van der Waals surface area contributed by atoms with Crippen LogP contribution in [0.15, 0.2) is 65.1 Å². The molecule has 35 heavy (non-hydrogen) atoms. The summed E-state index contributed by atoms with van der Waals surface area (Å²) in [6.07, 6.45) is 1.64. The molecular weight excluding hydrogens is 514 g/mol. The van der Waals surface area contributed by atoms with Gasteiger partial charge in [0.15, 0.2) is 18.1 Å². The highest BCUT2D eigenvalue weighted by Gasteiger charge is 2.15. The predicted octanol–water partition coefficient (Wildman–Crippen LogP) is 6.15. The molecule has 0 fully saturated rings. The number of aryl methyl sites for hydroxylation is 1. The van der Waals surface area contributed by atoms with E-state index in [4.69, 9.17) is 9.47 Å². The number of allylic oxidation sites excluding steroid dienone is 1. The summed E-state index contributed by atoms with van der Waals surface area (Å²) in [6.45, 7) is 3.89. The summed E-state index contributed by atoms with van der Waals surface area (Å²) >= 11 is 3.46. The fraction of sp³-hybridized carbons (Fsp3) is 0.154. The van der Waals surface area contributed by atoms with Gasteiger partial charge >= 0.3 is 0 Å². The van der Waals surface area contributed by atoms with Crippen molar-refractivity contribution in [1.29, 1.82) is 5.26 Å². The molecule has 0 unspecified atom stereocenters. The van der Waals surface area contributed by atoms with E-state index in [0.29, 0.717) is 45.0 Å². The lowest BCUT2D eigenvalue weighted by Crippen LogP contribution is -2.20. The van der Waals surface area contributed by atoms with Crippen LogP contribution in [0.4, 0.5) is 11.4 Å². The van der Waals surface area contributed by atoms with Gasteiger partial charge in [0, 0.05) is 17.8 Å². The Hall–Kier alpha value is -4.16. The number of ether oxygens (including phenoxy) is 2. The fourth-order valence-electron chi connectivity index (χ4n) is 3.24. The lowest BCUT2D eigenvalue weighted by molar-refractivity contribution is -0.384. The van der Waals surface area contributed by atoms with Crippen molar-refractivity contribution in [1.82, 2.24) is 0 Å². The maximum absolute atomic E-state index is 12.4. The number of nitro groups is 1. The number of hydrogen-bond donors (Lipinski definition) is 1. The van der Waals surface area contributed by atoms with Gasteiger partial charge in [0.2, 0.25) is 0 Å². The molecule has 0 saturated carbocycles. The van der Waals surface area contributed by atoms with Gasteiger partial charge in [-0.3, -0.25) is 14.9 Å². The van der Waals surface area contributed by atoms with Gasteiger partial charge in [-0.25, -0.2) is 0 Å². The molecule has 0 heterocycles. The van der Waals surface area contributed by atoms with Gasteiger partial charge in [0.25, 0.3) is 11.6 Å². The third kappa shape index (κ3) is 6.91. The monoisotopic (exact) mass is 535 g/mol. The van der Waals surface area contributed by atoms with Gasteiger partial charge in [-0.05, 0) is 88.9 Å². The SMILES string of the molecule is CCOc1cc(/C=C(\C#N)c2ccc([N+](=O)[O-])cc2)cc(Br)c1OCC(=O)Nc1cccc(C)c1. The van der Waals surface area contributed by atoms with Crippen molar-refractivity contribution < 1.29 is 19.2 Å². The van der Waals surface area contributed by atoms with E-state index >= 15 is 0 Å². The molecule has 0 aliphatic carbocycles. The van der Waals surface area contributed by atoms with Gasteiger partial charge in [-0.2, -0.15) is 5.26 Å². The van der Waals surface area contributed by atoms with Crippen molar-refractivity contribution in [3.05, 3.63) is 91.9 Å². The molecule has 0 aromatic heterocycles. The quantitative estimate of drug-likeness (QED) is 0.152. The number of non-ortho nitro benzene ring substituents is 1. The zero-order chi connectivity index (χ0) is 25.4. The molecule has 0 aliphatic heterocycles. The molecule has 0 aliphatic rings. The number of halogens is 1. The smallest absolute Gasteiger partial charge is 0.269 e. The minimum absolute atomic E-state index is 0.0552. The Morgan fingerprint density at radius 1 is 1.17 bits per heavy atom. The topological polar surface area (TPSA) is 114 Å². The molecule has 8 nitrogen and oxygen atoms in total. The number of amides is 1. The van der Waals surface area contributed by atoms with Crippen molar-refractivity contribution in [2.45, 2.75) is 13.8 Å². The zero-order valence-corrected chi connectivity index (χ0v) is 20.7. The van der Waals surface area contributed by atoms with Gasteiger partial charge in [-0.15, -0.1) is 0 Å². The molecule has 3 rings (SSSR count). The van der Waals surface area contributed by atoms with E-state index < -0.39 is 4.92 Å². The second-order valence-electron chi connectivity index (χ2n) is 7.44. The molecule has 3 aromatic rings. The first-order valence-corrected chi connectivity index (χ1v) is 11.4. The minimum Gasteiger partial charge on any atom is -0.490 e. The number of anilines is 1. The number of hydrogen-bond acceptors (Lipinski definition) is 6.